The van der Waals surface area contributed by atoms with Crippen LogP contribution in [0.3, 0.4) is 0 Å². The molecule has 0 aliphatic carbocycles. The van der Waals surface area contributed by atoms with Gasteiger partial charge in [0, 0.05) is 12.7 Å². The lowest BCUT2D eigenvalue weighted by atomic mass is 10.1. The standard InChI is InChI=1S/C16H20FN3/c1-2-20(12-14-7-3-4-11-19-14)16-13(9-10-18)6-5-8-15(16)17/h3-8,11H,2,9-10,12,18H2,1H3. The molecule has 0 aliphatic rings. The molecule has 2 rings (SSSR count). The highest BCUT2D eigenvalue weighted by Gasteiger charge is 2.15. The van der Waals surface area contributed by atoms with Crippen molar-refractivity contribution in [3.05, 3.63) is 59.7 Å². The highest BCUT2D eigenvalue weighted by molar-refractivity contribution is 5.55. The molecule has 20 heavy (non-hydrogen) atoms. The van der Waals surface area contributed by atoms with Crippen molar-refractivity contribution in [1.29, 1.82) is 0 Å². The molecule has 3 nitrogen and oxygen atoms in total. The Kier molecular flexibility index (Phi) is 5.07. The minimum absolute atomic E-state index is 0.200. The lowest BCUT2D eigenvalue weighted by Gasteiger charge is -2.26. The molecule has 0 bridgehead atoms. The van der Waals surface area contributed by atoms with E-state index >= 15 is 0 Å². The van der Waals surface area contributed by atoms with Crippen LogP contribution in [0.15, 0.2) is 42.6 Å². The number of anilines is 1. The van der Waals surface area contributed by atoms with Gasteiger partial charge < -0.3 is 10.6 Å². The molecular formula is C16H20FN3. The van der Waals surface area contributed by atoms with Gasteiger partial charge in [0.2, 0.25) is 0 Å². The van der Waals surface area contributed by atoms with Gasteiger partial charge in [-0.15, -0.1) is 0 Å². The molecule has 0 spiro atoms. The largest absolute Gasteiger partial charge is 0.363 e. The van der Waals surface area contributed by atoms with Crippen LogP contribution in [0.25, 0.3) is 0 Å². The zero-order valence-corrected chi connectivity index (χ0v) is 11.7. The molecule has 0 fully saturated rings. The Morgan fingerprint density at radius 1 is 1.20 bits per heavy atom. The van der Waals surface area contributed by atoms with Crippen molar-refractivity contribution in [3.63, 3.8) is 0 Å². The van der Waals surface area contributed by atoms with Gasteiger partial charge in [-0.05, 0) is 43.7 Å². The predicted molar refractivity (Wildman–Crippen MR) is 80.1 cm³/mol. The maximum Gasteiger partial charge on any atom is 0.146 e. The van der Waals surface area contributed by atoms with Crippen LogP contribution in [0.2, 0.25) is 0 Å². The summed E-state index contributed by atoms with van der Waals surface area (Å²) in [5.74, 6) is -0.200. The number of aromatic nitrogens is 1. The van der Waals surface area contributed by atoms with E-state index in [0.717, 1.165) is 17.8 Å². The van der Waals surface area contributed by atoms with Crippen LogP contribution in [0.5, 0.6) is 0 Å². The third-order valence-electron chi connectivity index (χ3n) is 3.26. The quantitative estimate of drug-likeness (QED) is 0.880. The first-order valence-corrected chi connectivity index (χ1v) is 6.88. The minimum Gasteiger partial charge on any atom is -0.363 e. The Bertz CT molecular complexity index is 543. The molecule has 2 N–H and O–H groups in total. The van der Waals surface area contributed by atoms with Gasteiger partial charge in [0.05, 0.1) is 17.9 Å². The zero-order valence-electron chi connectivity index (χ0n) is 11.7. The SMILES string of the molecule is CCN(Cc1ccccn1)c1c(F)cccc1CCN. The molecule has 0 unspecified atom stereocenters. The number of hydrogen-bond acceptors (Lipinski definition) is 3. The van der Waals surface area contributed by atoms with Gasteiger partial charge >= 0.3 is 0 Å². The van der Waals surface area contributed by atoms with E-state index in [1.54, 1.807) is 12.3 Å². The van der Waals surface area contributed by atoms with Gasteiger partial charge in [-0.3, -0.25) is 4.98 Å². The van der Waals surface area contributed by atoms with Crippen molar-refractivity contribution in [3.8, 4) is 0 Å². The summed E-state index contributed by atoms with van der Waals surface area (Å²) in [5.41, 5.74) is 8.14. The molecule has 0 saturated heterocycles. The van der Waals surface area contributed by atoms with Crippen LogP contribution < -0.4 is 10.6 Å². The first kappa shape index (κ1) is 14.5. The molecule has 1 heterocycles. The molecule has 4 heteroatoms. The van der Waals surface area contributed by atoms with Crippen molar-refractivity contribution in [2.75, 3.05) is 18.0 Å². The highest BCUT2D eigenvalue weighted by Crippen LogP contribution is 2.26. The lowest BCUT2D eigenvalue weighted by Crippen LogP contribution is -2.25. The molecule has 0 amide bonds. The first-order chi connectivity index (χ1) is 9.76. The maximum absolute atomic E-state index is 14.2. The molecule has 2 aromatic rings. The van der Waals surface area contributed by atoms with Gasteiger partial charge in [-0.1, -0.05) is 18.2 Å². The number of para-hydroxylation sites is 1. The van der Waals surface area contributed by atoms with Crippen molar-refractivity contribution >= 4 is 5.69 Å². The lowest BCUT2D eigenvalue weighted by molar-refractivity contribution is 0.614. The Balaban J connectivity index is 2.31. The maximum atomic E-state index is 14.2. The summed E-state index contributed by atoms with van der Waals surface area (Å²) in [5, 5.41) is 0. The van der Waals surface area contributed by atoms with E-state index in [1.165, 1.54) is 6.07 Å². The molecule has 0 aliphatic heterocycles. The second-order valence-corrected chi connectivity index (χ2v) is 4.62. The first-order valence-electron chi connectivity index (χ1n) is 6.88. The van der Waals surface area contributed by atoms with E-state index < -0.39 is 0 Å². The Morgan fingerprint density at radius 2 is 2.05 bits per heavy atom. The fraction of sp³-hybridized carbons (Fsp3) is 0.312. The van der Waals surface area contributed by atoms with Gasteiger partial charge in [0.1, 0.15) is 5.82 Å². The second-order valence-electron chi connectivity index (χ2n) is 4.62. The van der Waals surface area contributed by atoms with Gasteiger partial charge in [0.15, 0.2) is 0 Å². The predicted octanol–water partition coefficient (Wildman–Crippen LogP) is 2.75. The van der Waals surface area contributed by atoms with Crippen molar-refractivity contribution < 1.29 is 4.39 Å². The molecule has 106 valence electrons. The van der Waals surface area contributed by atoms with Crippen LogP contribution in [-0.2, 0) is 13.0 Å². The van der Waals surface area contributed by atoms with E-state index in [-0.39, 0.29) is 5.82 Å². The van der Waals surface area contributed by atoms with Crippen LogP contribution in [0, 0.1) is 5.82 Å². The smallest absolute Gasteiger partial charge is 0.146 e. The van der Waals surface area contributed by atoms with Crippen molar-refractivity contribution in [2.24, 2.45) is 5.73 Å². The summed E-state index contributed by atoms with van der Waals surface area (Å²) < 4.78 is 14.2. The normalized spacial score (nSPS) is 10.6. The monoisotopic (exact) mass is 273 g/mol. The fourth-order valence-electron chi connectivity index (χ4n) is 2.31. The molecule has 1 aromatic heterocycles. The van der Waals surface area contributed by atoms with Crippen LogP contribution >= 0.6 is 0 Å². The number of nitrogens with zero attached hydrogens (tertiary/aromatic N) is 2. The second kappa shape index (κ2) is 7.01. The summed E-state index contributed by atoms with van der Waals surface area (Å²) in [4.78, 5) is 6.31. The summed E-state index contributed by atoms with van der Waals surface area (Å²) in [7, 11) is 0. The van der Waals surface area contributed by atoms with Crippen LogP contribution in [0.1, 0.15) is 18.2 Å². The minimum atomic E-state index is -0.200. The summed E-state index contributed by atoms with van der Waals surface area (Å²) in [6.45, 7) is 3.84. The van der Waals surface area contributed by atoms with Crippen molar-refractivity contribution in [2.45, 2.75) is 19.9 Å². The molecule has 1 aromatic carbocycles. The highest BCUT2D eigenvalue weighted by atomic mass is 19.1. The number of rotatable bonds is 6. The van der Waals surface area contributed by atoms with Gasteiger partial charge in [-0.25, -0.2) is 4.39 Å². The molecular weight excluding hydrogens is 253 g/mol. The number of hydrogen-bond donors (Lipinski definition) is 1. The number of benzene rings is 1. The number of pyridine rings is 1. The van der Waals surface area contributed by atoms with Crippen LogP contribution in [-0.4, -0.2) is 18.1 Å². The van der Waals surface area contributed by atoms with E-state index in [1.807, 2.05) is 36.1 Å². The third-order valence-corrected chi connectivity index (χ3v) is 3.26. The zero-order chi connectivity index (χ0) is 14.4. The molecule has 0 radical (unpaired) electrons. The molecule has 0 atom stereocenters. The number of halogens is 1. The topological polar surface area (TPSA) is 42.2 Å². The van der Waals surface area contributed by atoms with Crippen LogP contribution in [0.4, 0.5) is 10.1 Å². The van der Waals surface area contributed by atoms with E-state index in [9.17, 15) is 4.39 Å². The summed E-state index contributed by atoms with van der Waals surface area (Å²) in [6, 6.07) is 10.9. The number of nitrogens with two attached hydrogens (primary N) is 1. The van der Waals surface area contributed by atoms with E-state index in [2.05, 4.69) is 4.98 Å². The average molecular weight is 273 g/mol. The van der Waals surface area contributed by atoms with E-state index in [4.69, 9.17) is 5.73 Å². The van der Waals surface area contributed by atoms with E-state index in [0.29, 0.717) is 25.2 Å². The Morgan fingerprint density at radius 3 is 2.70 bits per heavy atom. The Labute approximate surface area is 119 Å². The van der Waals surface area contributed by atoms with Gasteiger partial charge in [-0.2, -0.15) is 0 Å². The van der Waals surface area contributed by atoms with Gasteiger partial charge in [0.25, 0.3) is 0 Å². The molecule has 0 saturated carbocycles. The average Bonchev–Trinajstić information content (AvgIpc) is 2.47. The van der Waals surface area contributed by atoms with Crippen molar-refractivity contribution in [1.82, 2.24) is 4.98 Å². The summed E-state index contributed by atoms with van der Waals surface area (Å²) >= 11 is 0. The summed E-state index contributed by atoms with van der Waals surface area (Å²) in [6.07, 6.45) is 2.43. The Hall–Kier alpha value is -1.94. The third kappa shape index (κ3) is 3.33. The fourth-order valence-corrected chi connectivity index (χ4v) is 2.31.